The second-order valence-electron chi connectivity index (χ2n) is 4.94. The summed E-state index contributed by atoms with van der Waals surface area (Å²) in [4.78, 5) is 2.14. The van der Waals surface area contributed by atoms with E-state index >= 15 is 0 Å². The van der Waals surface area contributed by atoms with Gasteiger partial charge in [0.1, 0.15) is 5.82 Å². The van der Waals surface area contributed by atoms with Crippen LogP contribution in [-0.2, 0) is 0 Å². The van der Waals surface area contributed by atoms with Crippen LogP contribution in [0.4, 0.5) is 4.39 Å². The summed E-state index contributed by atoms with van der Waals surface area (Å²) in [6.45, 7) is 5.76. The maximum atomic E-state index is 13.7. The minimum atomic E-state index is -0.167. The summed E-state index contributed by atoms with van der Waals surface area (Å²) in [7, 11) is 2.01. The van der Waals surface area contributed by atoms with Crippen molar-refractivity contribution in [2.45, 2.75) is 26.3 Å². The predicted octanol–water partition coefficient (Wildman–Crippen LogP) is 2.80. The maximum absolute atomic E-state index is 13.7. The summed E-state index contributed by atoms with van der Waals surface area (Å²) >= 11 is 0. The molecule has 0 aliphatic rings. The molecule has 0 amide bonds. The van der Waals surface area contributed by atoms with Crippen molar-refractivity contribution >= 4 is 0 Å². The number of hydrogen-bond donors (Lipinski definition) is 1. The summed E-state index contributed by atoms with van der Waals surface area (Å²) in [5.41, 5.74) is 6.47. The molecule has 1 unspecified atom stereocenters. The van der Waals surface area contributed by atoms with Gasteiger partial charge in [-0.15, -0.1) is 0 Å². The highest BCUT2D eigenvalue weighted by Gasteiger charge is 2.18. The van der Waals surface area contributed by atoms with Crippen LogP contribution in [0, 0.1) is 11.7 Å². The lowest BCUT2D eigenvalue weighted by Gasteiger charge is -2.28. The molecule has 0 fully saturated rings. The SMILES string of the molecule is CC(C)CCN(C)C(CN)c1ccccc1F. The number of halogens is 1. The van der Waals surface area contributed by atoms with Gasteiger partial charge in [-0.2, -0.15) is 0 Å². The molecule has 0 spiro atoms. The summed E-state index contributed by atoms with van der Waals surface area (Å²) in [5, 5.41) is 0. The lowest BCUT2D eigenvalue weighted by Crippen LogP contribution is -2.32. The van der Waals surface area contributed by atoms with Crippen molar-refractivity contribution in [1.29, 1.82) is 0 Å². The number of nitrogens with two attached hydrogens (primary N) is 1. The molecule has 1 atom stereocenters. The molecule has 0 aliphatic carbocycles. The number of nitrogens with zero attached hydrogens (tertiary/aromatic N) is 1. The highest BCUT2D eigenvalue weighted by molar-refractivity contribution is 5.21. The molecule has 17 heavy (non-hydrogen) atoms. The smallest absolute Gasteiger partial charge is 0.128 e. The monoisotopic (exact) mass is 238 g/mol. The highest BCUT2D eigenvalue weighted by atomic mass is 19.1. The van der Waals surface area contributed by atoms with Gasteiger partial charge >= 0.3 is 0 Å². The van der Waals surface area contributed by atoms with E-state index in [1.165, 1.54) is 6.07 Å². The normalized spacial score (nSPS) is 13.4. The third-order valence-corrected chi connectivity index (χ3v) is 3.08. The largest absolute Gasteiger partial charge is 0.329 e. The summed E-state index contributed by atoms with van der Waals surface area (Å²) in [6.07, 6.45) is 1.10. The van der Waals surface area contributed by atoms with E-state index in [1.54, 1.807) is 6.07 Å². The Morgan fingerprint density at radius 3 is 2.47 bits per heavy atom. The third-order valence-electron chi connectivity index (χ3n) is 3.08. The average Bonchev–Trinajstić information content (AvgIpc) is 2.30. The van der Waals surface area contributed by atoms with Crippen LogP contribution in [0.5, 0.6) is 0 Å². The highest BCUT2D eigenvalue weighted by Crippen LogP contribution is 2.21. The Balaban J connectivity index is 2.74. The van der Waals surface area contributed by atoms with Crippen molar-refractivity contribution in [2.24, 2.45) is 11.7 Å². The van der Waals surface area contributed by atoms with Crippen LogP contribution in [0.2, 0.25) is 0 Å². The second kappa shape index (κ2) is 6.72. The van der Waals surface area contributed by atoms with Crippen LogP contribution >= 0.6 is 0 Å². The van der Waals surface area contributed by atoms with Crippen molar-refractivity contribution in [1.82, 2.24) is 4.90 Å². The Morgan fingerprint density at radius 1 is 1.29 bits per heavy atom. The summed E-state index contributed by atoms with van der Waals surface area (Å²) < 4.78 is 13.7. The van der Waals surface area contributed by atoms with Crippen LogP contribution in [0.3, 0.4) is 0 Å². The number of hydrogen-bond acceptors (Lipinski definition) is 2. The molecule has 0 heterocycles. The van der Waals surface area contributed by atoms with Crippen molar-refractivity contribution in [2.75, 3.05) is 20.1 Å². The van der Waals surface area contributed by atoms with Gasteiger partial charge in [0.05, 0.1) is 0 Å². The fourth-order valence-corrected chi connectivity index (χ4v) is 1.91. The first-order valence-electron chi connectivity index (χ1n) is 6.21. The van der Waals surface area contributed by atoms with E-state index in [-0.39, 0.29) is 11.9 Å². The van der Waals surface area contributed by atoms with E-state index in [9.17, 15) is 4.39 Å². The first-order valence-corrected chi connectivity index (χ1v) is 6.21. The molecule has 0 aliphatic heterocycles. The van der Waals surface area contributed by atoms with Gasteiger partial charge in [0.25, 0.3) is 0 Å². The summed E-state index contributed by atoms with van der Waals surface area (Å²) in [6, 6.07) is 6.85. The lowest BCUT2D eigenvalue weighted by atomic mass is 10.0. The topological polar surface area (TPSA) is 29.3 Å². The van der Waals surface area contributed by atoms with E-state index < -0.39 is 0 Å². The molecule has 3 heteroatoms. The molecule has 1 rings (SSSR count). The number of likely N-dealkylation sites (N-methyl/N-ethyl adjacent to an activating group) is 1. The lowest BCUT2D eigenvalue weighted by molar-refractivity contribution is 0.231. The van der Waals surface area contributed by atoms with Crippen molar-refractivity contribution in [3.63, 3.8) is 0 Å². The molecule has 1 aromatic carbocycles. The number of benzene rings is 1. The van der Waals surface area contributed by atoms with Crippen LogP contribution in [0.15, 0.2) is 24.3 Å². The van der Waals surface area contributed by atoms with Crippen molar-refractivity contribution in [3.8, 4) is 0 Å². The molecule has 2 nitrogen and oxygen atoms in total. The Morgan fingerprint density at radius 2 is 1.94 bits per heavy atom. The van der Waals surface area contributed by atoms with Crippen LogP contribution in [0.25, 0.3) is 0 Å². The molecular formula is C14H23FN2. The third kappa shape index (κ3) is 4.10. The molecule has 0 bridgehead atoms. The Labute approximate surface area is 104 Å². The van der Waals surface area contributed by atoms with Crippen LogP contribution in [0.1, 0.15) is 31.9 Å². The van der Waals surface area contributed by atoms with Crippen LogP contribution < -0.4 is 5.73 Å². The first kappa shape index (κ1) is 14.1. The van der Waals surface area contributed by atoms with E-state index in [0.717, 1.165) is 13.0 Å². The van der Waals surface area contributed by atoms with Gasteiger partial charge in [0.15, 0.2) is 0 Å². The molecule has 1 aromatic rings. The second-order valence-corrected chi connectivity index (χ2v) is 4.94. The zero-order chi connectivity index (χ0) is 12.8. The molecule has 2 N–H and O–H groups in total. The molecule has 0 saturated heterocycles. The first-order chi connectivity index (χ1) is 8.06. The van der Waals surface area contributed by atoms with Gasteiger partial charge in [0, 0.05) is 18.2 Å². The van der Waals surface area contributed by atoms with Crippen LogP contribution in [-0.4, -0.2) is 25.0 Å². The van der Waals surface area contributed by atoms with E-state index in [4.69, 9.17) is 5.73 Å². The van der Waals surface area contributed by atoms with E-state index in [1.807, 2.05) is 19.2 Å². The molecule has 0 aromatic heterocycles. The molecule has 0 saturated carbocycles. The molecule has 0 radical (unpaired) electrons. The van der Waals surface area contributed by atoms with Gasteiger partial charge in [-0.3, -0.25) is 4.90 Å². The number of rotatable bonds is 6. The maximum Gasteiger partial charge on any atom is 0.128 e. The zero-order valence-electron chi connectivity index (χ0n) is 11.0. The van der Waals surface area contributed by atoms with Gasteiger partial charge < -0.3 is 5.73 Å². The zero-order valence-corrected chi connectivity index (χ0v) is 11.0. The summed E-state index contributed by atoms with van der Waals surface area (Å²) in [5.74, 6) is 0.482. The molecular weight excluding hydrogens is 215 g/mol. The fourth-order valence-electron chi connectivity index (χ4n) is 1.91. The van der Waals surface area contributed by atoms with Crippen molar-refractivity contribution < 1.29 is 4.39 Å². The Bertz CT molecular complexity index is 339. The quantitative estimate of drug-likeness (QED) is 0.825. The fraction of sp³-hybridized carbons (Fsp3) is 0.571. The van der Waals surface area contributed by atoms with Gasteiger partial charge in [0.2, 0.25) is 0 Å². The van der Waals surface area contributed by atoms with Gasteiger partial charge in [-0.05, 0) is 32.0 Å². The Kier molecular flexibility index (Phi) is 5.59. The molecule has 96 valence electrons. The Hall–Kier alpha value is -0.930. The predicted molar refractivity (Wildman–Crippen MR) is 70.3 cm³/mol. The van der Waals surface area contributed by atoms with E-state index in [2.05, 4.69) is 18.7 Å². The average molecular weight is 238 g/mol. The van der Waals surface area contributed by atoms with Gasteiger partial charge in [-0.25, -0.2) is 4.39 Å². The minimum Gasteiger partial charge on any atom is -0.329 e. The standard InChI is InChI=1S/C14H23FN2/c1-11(2)8-9-17(3)14(10-16)12-6-4-5-7-13(12)15/h4-7,11,14H,8-10,16H2,1-3H3. The van der Waals surface area contributed by atoms with E-state index in [0.29, 0.717) is 18.0 Å². The van der Waals surface area contributed by atoms with Crippen molar-refractivity contribution in [3.05, 3.63) is 35.6 Å². The van der Waals surface area contributed by atoms with Gasteiger partial charge in [-0.1, -0.05) is 32.0 Å². The minimum absolute atomic E-state index is 0.0325.